The van der Waals surface area contributed by atoms with Crippen molar-refractivity contribution >= 4 is 55.3 Å². The van der Waals surface area contributed by atoms with Crippen LogP contribution in [0.5, 0.6) is 17.2 Å². The minimum Gasteiger partial charge on any atom is -0.497 e. The smallest absolute Gasteiger partial charge is 0.405 e. The fourth-order valence-corrected chi connectivity index (χ4v) is 7.34. The highest BCUT2D eigenvalue weighted by molar-refractivity contribution is 7.92. The van der Waals surface area contributed by atoms with Crippen molar-refractivity contribution < 1.29 is 41.3 Å². The van der Waals surface area contributed by atoms with Crippen molar-refractivity contribution in [3.63, 3.8) is 0 Å². The van der Waals surface area contributed by atoms with Crippen LogP contribution in [0.3, 0.4) is 0 Å². The number of nitrogens with zero attached hydrogens (tertiary/aromatic N) is 5. The van der Waals surface area contributed by atoms with Crippen molar-refractivity contribution in [2.45, 2.75) is 19.0 Å². The van der Waals surface area contributed by atoms with E-state index in [1.165, 1.54) is 57.3 Å². The molecule has 2 N–H and O–H groups in total. The predicted octanol–water partition coefficient (Wildman–Crippen LogP) is 5.75. The van der Waals surface area contributed by atoms with E-state index in [1.807, 2.05) is 0 Å². The first-order chi connectivity index (χ1) is 25.6. The summed E-state index contributed by atoms with van der Waals surface area (Å²) in [5, 5.41) is 17.1. The molecule has 2 heterocycles. The van der Waals surface area contributed by atoms with E-state index in [0.717, 1.165) is 27.3 Å². The summed E-state index contributed by atoms with van der Waals surface area (Å²) in [5.41, 5.74) is 0.225. The third-order valence-corrected chi connectivity index (χ3v) is 10.0. The first-order valence-corrected chi connectivity index (χ1v) is 18.3. The number of methoxy groups -OCH3 is 3. The van der Waals surface area contributed by atoms with E-state index in [0.29, 0.717) is 17.4 Å². The van der Waals surface area contributed by atoms with E-state index in [-0.39, 0.29) is 74.2 Å². The Labute approximate surface area is 312 Å². The van der Waals surface area contributed by atoms with Gasteiger partial charge in [0.1, 0.15) is 40.1 Å². The fourth-order valence-electron chi connectivity index (χ4n) is 6.27. The quantitative estimate of drug-likeness (QED) is 0.156. The molecule has 2 aromatic heterocycles. The number of hydrogen-bond donors (Lipinski definition) is 2. The van der Waals surface area contributed by atoms with Gasteiger partial charge in [-0.1, -0.05) is 23.7 Å². The van der Waals surface area contributed by atoms with Crippen molar-refractivity contribution in [3.8, 4) is 22.9 Å². The predicted molar refractivity (Wildman–Crippen MR) is 198 cm³/mol. The molecule has 18 heteroatoms. The molecule has 6 rings (SSSR count). The highest BCUT2D eigenvalue weighted by Crippen LogP contribution is 2.39. The van der Waals surface area contributed by atoms with Gasteiger partial charge in [0.05, 0.1) is 67.3 Å². The minimum atomic E-state index is -4.01. The molecule has 0 saturated heterocycles. The Hall–Kier alpha value is -5.94. The Kier molecular flexibility index (Phi) is 10.4. The minimum absolute atomic E-state index is 0.0179. The van der Waals surface area contributed by atoms with Gasteiger partial charge in [-0.15, -0.1) is 0 Å². The van der Waals surface area contributed by atoms with Crippen LogP contribution in [0, 0.1) is 11.6 Å². The number of carboxylic acid groups (broad SMARTS) is 1. The maximum absolute atomic E-state index is 14.8. The molecule has 1 atom stereocenters. The molecule has 282 valence electrons. The number of halogens is 3. The van der Waals surface area contributed by atoms with Crippen molar-refractivity contribution in [2.24, 2.45) is 7.05 Å². The maximum atomic E-state index is 14.8. The molecule has 0 aliphatic carbocycles. The number of nitrogens with one attached hydrogen (secondary N) is 1. The lowest BCUT2D eigenvalue weighted by molar-refractivity contribution is 0.189. The molecule has 1 amide bonds. The van der Waals surface area contributed by atoms with Crippen molar-refractivity contribution in [2.75, 3.05) is 31.9 Å². The molecule has 0 aliphatic heterocycles. The van der Waals surface area contributed by atoms with Crippen LogP contribution >= 0.6 is 11.6 Å². The monoisotopic (exact) mass is 782 g/mol. The summed E-state index contributed by atoms with van der Waals surface area (Å²) < 4.78 is 75.2. The van der Waals surface area contributed by atoms with Crippen LogP contribution in [0.2, 0.25) is 5.02 Å². The Bertz CT molecular complexity index is 2580. The average Bonchev–Trinajstić information content (AvgIpc) is 3.46. The molecule has 6 aromatic rings. The molecule has 0 saturated carbocycles. The number of sulfonamides is 1. The zero-order chi connectivity index (χ0) is 39.1. The highest BCUT2D eigenvalue weighted by atomic mass is 35.5. The zero-order valence-electron chi connectivity index (χ0n) is 29.4. The molecular formula is C36H33ClF2N6O8S. The third kappa shape index (κ3) is 7.32. The summed E-state index contributed by atoms with van der Waals surface area (Å²) >= 11 is 6.81. The summed E-state index contributed by atoms with van der Waals surface area (Å²) in [7, 11) is 1.76. The second-order valence-electron chi connectivity index (χ2n) is 12.2. The van der Waals surface area contributed by atoms with Gasteiger partial charge in [0.2, 0.25) is 10.0 Å². The van der Waals surface area contributed by atoms with Crippen LogP contribution in [0.25, 0.3) is 27.5 Å². The maximum Gasteiger partial charge on any atom is 0.405 e. The molecular weight excluding hydrogens is 750 g/mol. The molecule has 4 aromatic carbocycles. The molecule has 0 aliphatic rings. The van der Waals surface area contributed by atoms with E-state index in [1.54, 1.807) is 24.3 Å². The fraction of sp³-hybridized carbons (Fsp3) is 0.222. The van der Waals surface area contributed by atoms with E-state index in [9.17, 15) is 31.9 Å². The van der Waals surface area contributed by atoms with Gasteiger partial charge >= 0.3 is 6.09 Å². The Morgan fingerprint density at radius 2 is 1.61 bits per heavy atom. The Balaban J connectivity index is 1.67. The highest BCUT2D eigenvalue weighted by Gasteiger charge is 2.31. The number of rotatable bonds is 12. The Morgan fingerprint density at radius 3 is 2.20 bits per heavy atom. The van der Waals surface area contributed by atoms with Crippen molar-refractivity contribution in [3.05, 3.63) is 111 Å². The topological polar surface area (TPSA) is 167 Å². The number of fused-ring (bicyclic) bond motifs is 2. The van der Waals surface area contributed by atoms with Gasteiger partial charge in [-0.3, -0.25) is 14.0 Å². The molecule has 1 unspecified atom stereocenters. The van der Waals surface area contributed by atoms with Gasteiger partial charge in [-0.2, -0.15) is 5.10 Å². The SMILES string of the molecule is COc1ccc(CN(c2nn(C)c3c(-n4c(C(Cc5cc(F)cc(F)c5)NC(=O)O)nc5cc(OC)cc(OC)c5c4=O)ccc(Cl)c23)S(C)(=O)=O)cc1. The van der Waals surface area contributed by atoms with Crippen LogP contribution in [0.4, 0.5) is 19.4 Å². The number of anilines is 1. The Morgan fingerprint density at radius 1 is 0.944 bits per heavy atom. The summed E-state index contributed by atoms with van der Waals surface area (Å²) in [4.78, 5) is 31.8. The van der Waals surface area contributed by atoms with Gasteiger partial charge < -0.3 is 24.6 Å². The lowest BCUT2D eigenvalue weighted by Crippen LogP contribution is -2.35. The number of aryl methyl sites for hydroxylation is 1. The molecule has 54 heavy (non-hydrogen) atoms. The van der Waals surface area contributed by atoms with Crippen LogP contribution in [0.15, 0.2) is 71.5 Å². The van der Waals surface area contributed by atoms with Crippen molar-refractivity contribution in [1.29, 1.82) is 0 Å². The summed E-state index contributed by atoms with van der Waals surface area (Å²) in [6, 6.07) is 13.9. The van der Waals surface area contributed by atoms with Crippen molar-refractivity contribution in [1.82, 2.24) is 24.6 Å². The van der Waals surface area contributed by atoms with Gasteiger partial charge in [0.25, 0.3) is 5.56 Å². The summed E-state index contributed by atoms with van der Waals surface area (Å²) in [6.07, 6.45) is -0.855. The van der Waals surface area contributed by atoms with Gasteiger partial charge in [-0.25, -0.2) is 31.3 Å². The van der Waals surface area contributed by atoms with Crippen LogP contribution in [0.1, 0.15) is 23.0 Å². The largest absolute Gasteiger partial charge is 0.497 e. The number of ether oxygens (including phenoxy) is 3. The lowest BCUT2D eigenvalue weighted by atomic mass is 10.0. The van der Waals surface area contributed by atoms with E-state index < -0.39 is 39.4 Å². The van der Waals surface area contributed by atoms with Crippen LogP contribution in [-0.4, -0.2) is 66.5 Å². The standard InChI is InChI=1S/C36H33ClF2N6O8S/c1-43-32-28(11-10-25(37)30(32)34(42-43)44(54(5,49)50)18-19-6-8-23(51-2)9-7-19)45-33(27(41-36(47)48)14-20-12-21(38)15-22(39)13-20)40-26-16-24(52-3)17-29(53-4)31(26)35(45)46/h6-13,15-17,27,41H,14,18H2,1-5H3,(H,47,48). The molecule has 0 radical (unpaired) electrons. The first kappa shape index (κ1) is 37.8. The molecule has 0 bridgehead atoms. The lowest BCUT2D eigenvalue weighted by Gasteiger charge is -2.23. The van der Waals surface area contributed by atoms with E-state index >= 15 is 0 Å². The summed E-state index contributed by atoms with van der Waals surface area (Å²) in [5.74, 6) is -1.13. The number of aromatic nitrogens is 4. The van der Waals surface area contributed by atoms with E-state index in [2.05, 4.69) is 10.4 Å². The average molecular weight is 783 g/mol. The van der Waals surface area contributed by atoms with Crippen LogP contribution < -0.4 is 29.4 Å². The number of carbonyl (C=O) groups is 1. The van der Waals surface area contributed by atoms with Crippen LogP contribution in [-0.2, 0) is 30.0 Å². The number of benzene rings is 4. The zero-order valence-corrected chi connectivity index (χ0v) is 31.0. The normalized spacial score (nSPS) is 12.1. The third-order valence-electron chi connectivity index (χ3n) is 8.62. The second-order valence-corrected chi connectivity index (χ2v) is 14.5. The summed E-state index contributed by atoms with van der Waals surface area (Å²) in [6.45, 7) is -0.147. The van der Waals surface area contributed by atoms with Gasteiger partial charge in [0, 0.05) is 31.7 Å². The molecule has 0 fully saturated rings. The number of hydrogen-bond acceptors (Lipinski definition) is 9. The second kappa shape index (κ2) is 14.8. The first-order valence-electron chi connectivity index (χ1n) is 16.0. The van der Waals surface area contributed by atoms with E-state index in [4.69, 9.17) is 30.8 Å². The molecule has 14 nitrogen and oxygen atoms in total. The van der Waals surface area contributed by atoms with Gasteiger partial charge in [0.15, 0.2) is 5.82 Å². The molecule has 0 spiro atoms. The number of amides is 1. The van der Waals surface area contributed by atoms with Gasteiger partial charge in [-0.05, 0) is 47.5 Å².